The molecule has 1 aromatic rings. The predicted molar refractivity (Wildman–Crippen MR) is 73.8 cm³/mol. The molecule has 1 aromatic carbocycles. The van der Waals surface area contributed by atoms with Crippen LogP contribution in [0.25, 0.3) is 0 Å². The molecule has 0 aliphatic rings. The zero-order valence-corrected chi connectivity index (χ0v) is 12.1. The molecule has 0 unspecified atom stereocenters. The van der Waals surface area contributed by atoms with Crippen LogP contribution in [-0.2, 0) is 4.74 Å². The van der Waals surface area contributed by atoms with Crippen LogP contribution in [0.4, 0.5) is 4.39 Å². The summed E-state index contributed by atoms with van der Waals surface area (Å²) in [6, 6.07) is 4.26. The fourth-order valence-corrected chi connectivity index (χ4v) is 1.96. The fraction of sp³-hybridized carbons (Fsp3) is 0.533. The van der Waals surface area contributed by atoms with Crippen molar-refractivity contribution in [3.63, 3.8) is 0 Å². The maximum atomic E-state index is 13.1. The molecule has 0 radical (unpaired) electrons. The lowest BCUT2D eigenvalue weighted by atomic mass is 10.1. The molecule has 0 saturated heterocycles. The molecule has 0 aromatic heterocycles. The van der Waals surface area contributed by atoms with E-state index in [1.54, 1.807) is 25.0 Å². The lowest BCUT2D eigenvalue weighted by Crippen LogP contribution is -2.37. The number of amides is 1. The highest BCUT2D eigenvalue weighted by Crippen LogP contribution is 2.14. The first-order chi connectivity index (χ1) is 8.95. The van der Waals surface area contributed by atoms with E-state index in [4.69, 9.17) is 4.74 Å². The van der Waals surface area contributed by atoms with Crippen molar-refractivity contribution in [1.29, 1.82) is 0 Å². The number of aryl methyl sites for hydroxylation is 1. The molecule has 0 spiro atoms. The van der Waals surface area contributed by atoms with Gasteiger partial charge in [-0.15, -0.1) is 0 Å². The second kappa shape index (κ2) is 7.24. The number of nitrogens with zero attached hydrogens (tertiary/aromatic N) is 1. The Labute approximate surface area is 114 Å². The van der Waals surface area contributed by atoms with E-state index in [1.165, 1.54) is 12.1 Å². The predicted octanol–water partition coefficient (Wildman–Crippen LogP) is 2.88. The molecule has 106 valence electrons. The van der Waals surface area contributed by atoms with Gasteiger partial charge in [0.1, 0.15) is 5.82 Å². The zero-order chi connectivity index (χ0) is 14.4. The van der Waals surface area contributed by atoms with Gasteiger partial charge in [0, 0.05) is 25.8 Å². The molecule has 0 bridgehead atoms. The van der Waals surface area contributed by atoms with E-state index in [0.29, 0.717) is 36.7 Å². The fourth-order valence-electron chi connectivity index (χ4n) is 1.96. The minimum atomic E-state index is -0.318. The van der Waals surface area contributed by atoms with E-state index in [9.17, 15) is 9.18 Å². The smallest absolute Gasteiger partial charge is 0.254 e. The van der Waals surface area contributed by atoms with E-state index in [1.807, 2.05) is 0 Å². The molecule has 19 heavy (non-hydrogen) atoms. The number of methoxy groups -OCH3 is 1. The van der Waals surface area contributed by atoms with Gasteiger partial charge in [-0.05, 0) is 36.6 Å². The van der Waals surface area contributed by atoms with Gasteiger partial charge in [-0.2, -0.15) is 0 Å². The summed E-state index contributed by atoms with van der Waals surface area (Å²) in [4.78, 5) is 14.2. The largest absolute Gasteiger partial charge is 0.383 e. The molecular formula is C15H22FNO2. The van der Waals surface area contributed by atoms with Gasteiger partial charge in [0.25, 0.3) is 5.91 Å². The molecule has 1 amide bonds. The SMILES string of the molecule is COCCN(CC(C)C)C(=O)c1ccc(F)cc1C. The lowest BCUT2D eigenvalue weighted by molar-refractivity contribution is 0.0671. The minimum Gasteiger partial charge on any atom is -0.383 e. The molecule has 0 atom stereocenters. The third kappa shape index (κ3) is 4.63. The quantitative estimate of drug-likeness (QED) is 0.793. The average molecular weight is 267 g/mol. The van der Waals surface area contributed by atoms with Gasteiger partial charge in [-0.1, -0.05) is 13.8 Å². The number of rotatable bonds is 6. The van der Waals surface area contributed by atoms with Crippen LogP contribution in [0, 0.1) is 18.7 Å². The maximum absolute atomic E-state index is 13.1. The Morgan fingerprint density at radius 1 is 1.42 bits per heavy atom. The number of halogens is 1. The molecule has 3 nitrogen and oxygen atoms in total. The minimum absolute atomic E-state index is 0.0664. The summed E-state index contributed by atoms with van der Waals surface area (Å²) in [5, 5.41) is 0. The van der Waals surface area contributed by atoms with E-state index < -0.39 is 0 Å². The zero-order valence-electron chi connectivity index (χ0n) is 12.1. The van der Waals surface area contributed by atoms with Gasteiger partial charge >= 0.3 is 0 Å². The number of benzene rings is 1. The van der Waals surface area contributed by atoms with Crippen LogP contribution in [-0.4, -0.2) is 37.6 Å². The van der Waals surface area contributed by atoms with Crippen molar-refractivity contribution >= 4 is 5.91 Å². The second-order valence-electron chi connectivity index (χ2n) is 5.10. The maximum Gasteiger partial charge on any atom is 0.254 e. The van der Waals surface area contributed by atoms with Gasteiger partial charge in [0.2, 0.25) is 0 Å². The Morgan fingerprint density at radius 2 is 2.11 bits per heavy atom. The van der Waals surface area contributed by atoms with Crippen molar-refractivity contribution in [1.82, 2.24) is 4.90 Å². The third-order valence-corrected chi connectivity index (χ3v) is 2.86. The molecule has 0 aliphatic heterocycles. The summed E-state index contributed by atoms with van der Waals surface area (Å²) in [6.07, 6.45) is 0. The first-order valence-electron chi connectivity index (χ1n) is 6.50. The first kappa shape index (κ1) is 15.6. The molecule has 0 heterocycles. The number of carbonyl (C=O) groups excluding carboxylic acids is 1. The van der Waals surface area contributed by atoms with Gasteiger partial charge in [0.05, 0.1) is 6.61 Å². The Morgan fingerprint density at radius 3 is 2.63 bits per heavy atom. The molecule has 4 heteroatoms. The van der Waals surface area contributed by atoms with Crippen molar-refractivity contribution in [2.45, 2.75) is 20.8 Å². The normalized spacial score (nSPS) is 10.8. The summed E-state index contributed by atoms with van der Waals surface area (Å²) in [6.45, 7) is 7.58. The standard InChI is InChI=1S/C15H22FNO2/c1-11(2)10-17(7-8-19-4)15(18)14-6-5-13(16)9-12(14)3/h5-6,9,11H,7-8,10H2,1-4H3. The highest BCUT2D eigenvalue weighted by Gasteiger charge is 2.18. The monoisotopic (exact) mass is 267 g/mol. The van der Waals surface area contributed by atoms with Crippen molar-refractivity contribution in [3.05, 3.63) is 35.1 Å². The first-order valence-corrected chi connectivity index (χ1v) is 6.50. The van der Waals surface area contributed by atoms with Crippen LogP contribution < -0.4 is 0 Å². The summed E-state index contributed by atoms with van der Waals surface area (Å²) < 4.78 is 18.1. The van der Waals surface area contributed by atoms with Crippen LogP contribution >= 0.6 is 0 Å². The number of hydrogen-bond donors (Lipinski definition) is 0. The summed E-state index contributed by atoms with van der Waals surface area (Å²) >= 11 is 0. The molecule has 1 rings (SSSR count). The average Bonchev–Trinajstić information content (AvgIpc) is 2.33. The molecule has 0 N–H and O–H groups in total. The van der Waals surface area contributed by atoms with Crippen molar-refractivity contribution in [2.24, 2.45) is 5.92 Å². The van der Waals surface area contributed by atoms with Crippen LogP contribution in [0.3, 0.4) is 0 Å². The number of carbonyl (C=O) groups is 1. The molecule has 0 aliphatic carbocycles. The van der Waals surface area contributed by atoms with Crippen molar-refractivity contribution in [3.8, 4) is 0 Å². The lowest BCUT2D eigenvalue weighted by Gasteiger charge is -2.25. The number of ether oxygens (including phenoxy) is 1. The van der Waals surface area contributed by atoms with Gasteiger partial charge in [0.15, 0.2) is 0 Å². The Kier molecular flexibility index (Phi) is 5.96. The Balaban J connectivity index is 2.90. The topological polar surface area (TPSA) is 29.5 Å². The Bertz CT molecular complexity index is 432. The molecular weight excluding hydrogens is 245 g/mol. The summed E-state index contributed by atoms with van der Waals surface area (Å²) in [5.41, 5.74) is 1.22. The van der Waals surface area contributed by atoms with E-state index in [2.05, 4.69) is 13.8 Å². The Hall–Kier alpha value is -1.42. The van der Waals surface area contributed by atoms with E-state index >= 15 is 0 Å². The van der Waals surface area contributed by atoms with Crippen LogP contribution in [0.15, 0.2) is 18.2 Å². The molecule has 0 saturated carbocycles. The third-order valence-electron chi connectivity index (χ3n) is 2.86. The highest BCUT2D eigenvalue weighted by molar-refractivity contribution is 5.95. The summed E-state index contributed by atoms with van der Waals surface area (Å²) in [7, 11) is 1.61. The van der Waals surface area contributed by atoms with Gasteiger partial charge in [-0.25, -0.2) is 4.39 Å². The van der Waals surface area contributed by atoms with Crippen molar-refractivity contribution < 1.29 is 13.9 Å². The second-order valence-corrected chi connectivity index (χ2v) is 5.10. The summed E-state index contributed by atoms with van der Waals surface area (Å²) in [5.74, 6) is -0.00818. The van der Waals surface area contributed by atoms with E-state index in [0.717, 1.165) is 0 Å². The van der Waals surface area contributed by atoms with Gasteiger partial charge < -0.3 is 9.64 Å². The van der Waals surface area contributed by atoms with Crippen LogP contribution in [0.5, 0.6) is 0 Å². The molecule has 0 fully saturated rings. The highest BCUT2D eigenvalue weighted by atomic mass is 19.1. The van der Waals surface area contributed by atoms with Crippen LogP contribution in [0.1, 0.15) is 29.8 Å². The van der Waals surface area contributed by atoms with Gasteiger partial charge in [-0.3, -0.25) is 4.79 Å². The van der Waals surface area contributed by atoms with E-state index in [-0.39, 0.29) is 11.7 Å². The van der Waals surface area contributed by atoms with Crippen LogP contribution in [0.2, 0.25) is 0 Å². The number of hydrogen-bond acceptors (Lipinski definition) is 2. The van der Waals surface area contributed by atoms with Crippen molar-refractivity contribution in [2.75, 3.05) is 26.8 Å².